The van der Waals surface area contributed by atoms with Gasteiger partial charge >= 0.3 is 0 Å². The van der Waals surface area contributed by atoms with Gasteiger partial charge in [0.05, 0.1) is 0 Å². The van der Waals surface area contributed by atoms with Gasteiger partial charge in [-0.1, -0.05) is 31.5 Å². The monoisotopic (exact) mass is 276 g/mol. The first kappa shape index (κ1) is 17.2. The summed E-state index contributed by atoms with van der Waals surface area (Å²) in [7, 11) is 2.08. The van der Waals surface area contributed by atoms with E-state index in [0.29, 0.717) is 6.04 Å². The molecule has 0 aliphatic heterocycles. The molecular formula is C18H32N2. The third-order valence-electron chi connectivity index (χ3n) is 3.96. The van der Waals surface area contributed by atoms with Crippen molar-refractivity contribution in [2.75, 3.05) is 26.7 Å². The van der Waals surface area contributed by atoms with Crippen LogP contribution in [0, 0.1) is 20.8 Å². The van der Waals surface area contributed by atoms with Crippen LogP contribution in [0.25, 0.3) is 0 Å². The summed E-state index contributed by atoms with van der Waals surface area (Å²) in [5.74, 6) is 0. The molecule has 1 aromatic rings. The van der Waals surface area contributed by atoms with Crippen LogP contribution in [0.4, 0.5) is 0 Å². The highest BCUT2D eigenvalue weighted by molar-refractivity contribution is 5.39. The fourth-order valence-electron chi connectivity index (χ4n) is 3.25. The van der Waals surface area contributed by atoms with E-state index in [4.69, 9.17) is 0 Å². The van der Waals surface area contributed by atoms with E-state index in [9.17, 15) is 0 Å². The maximum atomic E-state index is 3.53. The summed E-state index contributed by atoms with van der Waals surface area (Å²) < 4.78 is 0. The molecule has 0 radical (unpaired) electrons. The van der Waals surface area contributed by atoms with Crippen LogP contribution in [0.5, 0.6) is 0 Å². The van der Waals surface area contributed by atoms with Crippen LogP contribution in [-0.4, -0.2) is 31.6 Å². The molecule has 1 atom stereocenters. The molecular weight excluding hydrogens is 244 g/mol. The molecule has 0 saturated heterocycles. The Morgan fingerprint density at radius 2 is 1.50 bits per heavy atom. The molecule has 0 spiro atoms. The topological polar surface area (TPSA) is 15.3 Å². The van der Waals surface area contributed by atoms with Crippen LogP contribution < -0.4 is 5.32 Å². The molecule has 114 valence electrons. The van der Waals surface area contributed by atoms with E-state index in [1.54, 1.807) is 0 Å². The average molecular weight is 276 g/mol. The van der Waals surface area contributed by atoms with Crippen molar-refractivity contribution in [2.45, 2.75) is 53.5 Å². The van der Waals surface area contributed by atoms with Gasteiger partial charge in [0.2, 0.25) is 0 Å². The lowest BCUT2D eigenvalue weighted by molar-refractivity contribution is 0.246. The molecule has 0 amide bonds. The summed E-state index contributed by atoms with van der Waals surface area (Å²) in [5, 5.41) is 3.53. The van der Waals surface area contributed by atoms with Gasteiger partial charge in [-0.2, -0.15) is 0 Å². The van der Waals surface area contributed by atoms with E-state index >= 15 is 0 Å². The molecule has 20 heavy (non-hydrogen) atoms. The normalized spacial score (nSPS) is 12.9. The average Bonchev–Trinajstić information content (AvgIpc) is 2.36. The number of benzene rings is 1. The minimum Gasteiger partial charge on any atom is -0.312 e. The van der Waals surface area contributed by atoms with Gasteiger partial charge in [0.25, 0.3) is 0 Å². The number of hydrogen-bond donors (Lipinski definition) is 1. The predicted octanol–water partition coefficient (Wildman–Crippen LogP) is 3.99. The summed E-state index contributed by atoms with van der Waals surface area (Å²) in [6.07, 6.45) is 2.45. The Balaban J connectivity index is 2.95. The van der Waals surface area contributed by atoms with Gasteiger partial charge in [0.1, 0.15) is 0 Å². The van der Waals surface area contributed by atoms with Crippen LogP contribution in [0.2, 0.25) is 0 Å². The Morgan fingerprint density at radius 1 is 1.00 bits per heavy atom. The molecule has 1 unspecified atom stereocenters. The number of nitrogens with one attached hydrogen (secondary N) is 1. The molecule has 0 fully saturated rings. The molecule has 0 aromatic heterocycles. The lowest BCUT2D eigenvalue weighted by Crippen LogP contribution is -2.35. The molecule has 0 aliphatic rings. The fourth-order valence-corrected chi connectivity index (χ4v) is 3.25. The van der Waals surface area contributed by atoms with Gasteiger partial charge in [0, 0.05) is 12.6 Å². The largest absolute Gasteiger partial charge is 0.312 e. The smallest absolute Gasteiger partial charge is 0.0452 e. The van der Waals surface area contributed by atoms with E-state index in [2.05, 4.69) is 64.0 Å². The quantitative estimate of drug-likeness (QED) is 0.772. The Hall–Kier alpha value is -0.860. The standard InChI is InChI=1S/C18H32N2/c1-7-9-20(10-8-2)13-17(19-6)18-15(4)11-14(3)12-16(18)5/h11-12,17,19H,7-10,13H2,1-6H3. The van der Waals surface area contributed by atoms with Crippen molar-refractivity contribution in [2.24, 2.45) is 0 Å². The van der Waals surface area contributed by atoms with Gasteiger partial charge in [-0.3, -0.25) is 0 Å². The number of hydrogen-bond acceptors (Lipinski definition) is 2. The molecule has 1 rings (SSSR count). The first-order valence-corrected chi connectivity index (χ1v) is 8.00. The van der Waals surface area contributed by atoms with Crippen LogP contribution in [0.15, 0.2) is 12.1 Å². The molecule has 1 N–H and O–H groups in total. The number of likely N-dealkylation sites (N-methyl/N-ethyl adjacent to an activating group) is 1. The first-order valence-electron chi connectivity index (χ1n) is 8.00. The second-order valence-corrected chi connectivity index (χ2v) is 5.95. The van der Waals surface area contributed by atoms with Crippen molar-refractivity contribution in [3.63, 3.8) is 0 Å². The van der Waals surface area contributed by atoms with E-state index in [-0.39, 0.29) is 0 Å². The zero-order valence-corrected chi connectivity index (χ0v) is 14.2. The van der Waals surface area contributed by atoms with Crippen LogP contribution >= 0.6 is 0 Å². The lowest BCUT2D eigenvalue weighted by atomic mass is 9.93. The van der Waals surface area contributed by atoms with E-state index in [1.165, 1.54) is 48.2 Å². The highest BCUT2D eigenvalue weighted by Crippen LogP contribution is 2.24. The van der Waals surface area contributed by atoms with Crippen molar-refractivity contribution < 1.29 is 0 Å². The van der Waals surface area contributed by atoms with Crippen molar-refractivity contribution in [3.05, 3.63) is 34.4 Å². The summed E-state index contributed by atoms with van der Waals surface area (Å²) in [6, 6.07) is 5.03. The second-order valence-electron chi connectivity index (χ2n) is 5.95. The number of nitrogens with zero attached hydrogens (tertiary/aromatic N) is 1. The summed E-state index contributed by atoms with van der Waals surface area (Å²) in [4.78, 5) is 2.58. The summed E-state index contributed by atoms with van der Waals surface area (Å²) in [6.45, 7) is 14.7. The van der Waals surface area contributed by atoms with Crippen molar-refractivity contribution in [1.82, 2.24) is 10.2 Å². The minimum absolute atomic E-state index is 0.425. The fraction of sp³-hybridized carbons (Fsp3) is 0.667. The van der Waals surface area contributed by atoms with Crippen molar-refractivity contribution in [3.8, 4) is 0 Å². The third-order valence-corrected chi connectivity index (χ3v) is 3.96. The molecule has 0 heterocycles. The SMILES string of the molecule is CCCN(CCC)CC(NC)c1c(C)cc(C)cc1C. The van der Waals surface area contributed by atoms with E-state index < -0.39 is 0 Å². The zero-order chi connectivity index (χ0) is 15.1. The maximum Gasteiger partial charge on any atom is 0.0452 e. The van der Waals surface area contributed by atoms with Crippen LogP contribution in [0.1, 0.15) is 55.0 Å². The Bertz CT molecular complexity index is 383. The van der Waals surface area contributed by atoms with Crippen molar-refractivity contribution >= 4 is 0 Å². The first-order chi connectivity index (χ1) is 9.53. The number of rotatable bonds is 8. The Labute approximate surface area is 125 Å². The Morgan fingerprint density at radius 3 is 1.90 bits per heavy atom. The molecule has 0 saturated carbocycles. The zero-order valence-electron chi connectivity index (χ0n) is 14.2. The predicted molar refractivity (Wildman–Crippen MR) is 89.5 cm³/mol. The van der Waals surface area contributed by atoms with E-state index in [1.807, 2.05) is 0 Å². The second kappa shape index (κ2) is 8.43. The van der Waals surface area contributed by atoms with Crippen molar-refractivity contribution in [1.29, 1.82) is 0 Å². The van der Waals surface area contributed by atoms with Gasteiger partial charge in [-0.15, -0.1) is 0 Å². The van der Waals surface area contributed by atoms with Crippen LogP contribution in [-0.2, 0) is 0 Å². The third kappa shape index (κ3) is 4.60. The van der Waals surface area contributed by atoms with Crippen LogP contribution in [0.3, 0.4) is 0 Å². The van der Waals surface area contributed by atoms with Gasteiger partial charge < -0.3 is 10.2 Å². The molecule has 2 heteroatoms. The van der Waals surface area contributed by atoms with E-state index in [0.717, 1.165) is 6.54 Å². The van der Waals surface area contributed by atoms with Gasteiger partial charge in [-0.05, 0) is 70.4 Å². The molecule has 1 aromatic carbocycles. The van der Waals surface area contributed by atoms with Gasteiger partial charge in [0.15, 0.2) is 0 Å². The number of aryl methyl sites for hydroxylation is 3. The maximum absolute atomic E-state index is 3.53. The molecule has 0 aliphatic carbocycles. The Kier molecular flexibility index (Phi) is 7.25. The highest BCUT2D eigenvalue weighted by atomic mass is 15.1. The lowest BCUT2D eigenvalue weighted by Gasteiger charge is -2.29. The summed E-state index contributed by atoms with van der Waals surface area (Å²) in [5.41, 5.74) is 5.66. The molecule has 2 nitrogen and oxygen atoms in total. The minimum atomic E-state index is 0.425. The highest BCUT2D eigenvalue weighted by Gasteiger charge is 2.17. The summed E-state index contributed by atoms with van der Waals surface area (Å²) >= 11 is 0. The molecule has 0 bridgehead atoms. The van der Waals surface area contributed by atoms with Gasteiger partial charge in [-0.25, -0.2) is 0 Å².